The van der Waals surface area contributed by atoms with E-state index in [9.17, 15) is 14.4 Å². The van der Waals surface area contributed by atoms with Gasteiger partial charge in [-0.05, 0) is 24.8 Å². The molecule has 1 N–H and O–H groups in total. The fourth-order valence-corrected chi connectivity index (χ4v) is 3.38. The van der Waals surface area contributed by atoms with Gasteiger partial charge in [0.15, 0.2) is 0 Å². The van der Waals surface area contributed by atoms with E-state index in [1.807, 2.05) is 4.90 Å². The summed E-state index contributed by atoms with van der Waals surface area (Å²) in [5.74, 6) is 0.558. The highest BCUT2D eigenvalue weighted by molar-refractivity contribution is 5.92. The number of nitrogens with one attached hydrogen (secondary N) is 1. The highest BCUT2D eigenvalue weighted by atomic mass is 16.2. The Morgan fingerprint density at radius 1 is 1.09 bits per heavy atom. The molecule has 3 rings (SSSR count). The van der Waals surface area contributed by atoms with Gasteiger partial charge in [-0.15, -0.1) is 0 Å². The third-order valence-corrected chi connectivity index (χ3v) is 4.76. The number of hydrogen-bond donors (Lipinski definition) is 1. The number of piperazine rings is 1. The smallest absolute Gasteiger partial charge is 0.274 e. The van der Waals surface area contributed by atoms with Gasteiger partial charge in [0.05, 0.1) is 0 Å². The van der Waals surface area contributed by atoms with Crippen LogP contribution in [0.2, 0.25) is 0 Å². The maximum Gasteiger partial charge on any atom is 0.274 e. The zero-order valence-electron chi connectivity index (χ0n) is 13.2. The first-order valence-electron chi connectivity index (χ1n) is 8.26. The Labute approximate surface area is 134 Å². The summed E-state index contributed by atoms with van der Waals surface area (Å²) >= 11 is 0. The second-order valence-corrected chi connectivity index (χ2v) is 6.33. The van der Waals surface area contributed by atoms with Crippen LogP contribution in [0, 0.1) is 5.92 Å². The van der Waals surface area contributed by atoms with E-state index in [0.717, 1.165) is 0 Å². The molecule has 1 saturated heterocycles. The lowest BCUT2D eigenvalue weighted by atomic mass is 10.0. The van der Waals surface area contributed by atoms with Crippen LogP contribution in [-0.2, 0) is 4.79 Å². The zero-order valence-corrected chi connectivity index (χ0v) is 13.2. The molecule has 2 heterocycles. The summed E-state index contributed by atoms with van der Waals surface area (Å²) < 4.78 is 0. The summed E-state index contributed by atoms with van der Waals surface area (Å²) in [5, 5.41) is 6.04. The molecular weight excluding hydrogens is 296 g/mol. The van der Waals surface area contributed by atoms with Gasteiger partial charge >= 0.3 is 0 Å². The van der Waals surface area contributed by atoms with Crippen LogP contribution in [0.1, 0.15) is 42.6 Å². The Bertz CT molecular complexity index is 608. The minimum Gasteiger partial charge on any atom is -0.339 e. The van der Waals surface area contributed by atoms with Crippen molar-refractivity contribution in [3.8, 4) is 0 Å². The van der Waals surface area contributed by atoms with Gasteiger partial charge in [0, 0.05) is 38.7 Å². The number of carbonyl (C=O) groups is 2. The predicted octanol–water partition coefficient (Wildman–Crippen LogP) is 0.635. The summed E-state index contributed by atoms with van der Waals surface area (Å²) in [4.78, 5) is 39.2. The SMILES string of the molecule is O=C(CC1CCCC1)N1CCN(C(=O)c2ccc(=O)[nH]n2)CC1. The van der Waals surface area contributed by atoms with Crippen molar-refractivity contribution < 1.29 is 9.59 Å². The minimum absolute atomic E-state index is 0.204. The summed E-state index contributed by atoms with van der Waals surface area (Å²) in [6, 6.07) is 2.72. The van der Waals surface area contributed by atoms with Crippen LogP contribution in [0.15, 0.2) is 16.9 Å². The van der Waals surface area contributed by atoms with Crippen LogP contribution in [0.25, 0.3) is 0 Å². The molecule has 7 heteroatoms. The summed E-state index contributed by atoms with van der Waals surface area (Å²) in [5.41, 5.74) is -0.0980. The van der Waals surface area contributed by atoms with Crippen molar-refractivity contribution in [3.63, 3.8) is 0 Å². The number of nitrogens with zero attached hydrogens (tertiary/aromatic N) is 3. The van der Waals surface area contributed by atoms with Crippen molar-refractivity contribution in [1.29, 1.82) is 0 Å². The molecule has 7 nitrogen and oxygen atoms in total. The van der Waals surface area contributed by atoms with Gasteiger partial charge in [-0.1, -0.05) is 12.8 Å². The molecule has 0 bridgehead atoms. The van der Waals surface area contributed by atoms with E-state index in [4.69, 9.17) is 0 Å². The molecule has 2 fully saturated rings. The van der Waals surface area contributed by atoms with Crippen LogP contribution >= 0.6 is 0 Å². The molecule has 2 aliphatic rings. The topological polar surface area (TPSA) is 86.4 Å². The predicted molar refractivity (Wildman–Crippen MR) is 83.9 cm³/mol. The van der Waals surface area contributed by atoms with Crippen LogP contribution in [0.5, 0.6) is 0 Å². The number of H-pyrrole nitrogens is 1. The van der Waals surface area contributed by atoms with E-state index in [1.165, 1.54) is 37.8 Å². The Balaban J connectivity index is 1.51. The molecule has 0 aromatic carbocycles. The first-order valence-corrected chi connectivity index (χ1v) is 8.26. The Morgan fingerprint density at radius 2 is 1.74 bits per heavy atom. The van der Waals surface area contributed by atoms with Crippen LogP contribution in [0.3, 0.4) is 0 Å². The largest absolute Gasteiger partial charge is 0.339 e. The van der Waals surface area contributed by atoms with Crippen molar-refractivity contribution in [2.75, 3.05) is 26.2 Å². The highest BCUT2D eigenvalue weighted by Crippen LogP contribution is 2.28. The van der Waals surface area contributed by atoms with Crippen molar-refractivity contribution in [2.45, 2.75) is 32.1 Å². The van der Waals surface area contributed by atoms with E-state index in [2.05, 4.69) is 10.2 Å². The van der Waals surface area contributed by atoms with E-state index >= 15 is 0 Å². The molecule has 1 aromatic heterocycles. The quantitative estimate of drug-likeness (QED) is 0.886. The van der Waals surface area contributed by atoms with Gasteiger partial charge < -0.3 is 9.80 Å². The van der Waals surface area contributed by atoms with E-state index < -0.39 is 0 Å². The normalized spacial score (nSPS) is 19.1. The highest BCUT2D eigenvalue weighted by Gasteiger charge is 2.27. The average Bonchev–Trinajstić information content (AvgIpc) is 3.08. The zero-order chi connectivity index (χ0) is 16.2. The number of rotatable bonds is 3. The summed E-state index contributed by atoms with van der Waals surface area (Å²) in [7, 11) is 0. The molecule has 0 spiro atoms. The fourth-order valence-electron chi connectivity index (χ4n) is 3.38. The molecule has 2 amide bonds. The van der Waals surface area contributed by atoms with E-state index in [1.54, 1.807) is 4.90 Å². The number of hydrogen-bond acceptors (Lipinski definition) is 4. The molecule has 0 radical (unpaired) electrons. The number of aromatic amines is 1. The van der Waals surface area contributed by atoms with Crippen molar-refractivity contribution in [1.82, 2.24) is 20.0 Å². The molecule has 0 atom stereocenters. The van der Waals surface area contributed by atoms with Crippen molar-refractivity contribution in [2.24, 2.45) is 5.92 Å². The molecular formula is C16H22N4O3. The van der Waals surface area contributed by atoms with Crippen LogP contribution in [0.4, 0.5) is 0 Å². The van der Waals surface area contributed by atoms with E-state index in [-0.39, 0.29) is 23.1 Å². The van der Waals surface area contributed by atoms with Gasteiger partial charge in [0.25, 0.3) is 11.5 Å². The second kappa shape index (κ2) is 6.93. The summed E-state index contributed by atoms with van der Waals surface area (Å²) in [6.07, 6.45) is 5.47. The average molecular weight is 318 g/mol. The van der Waals surface area contributed by atoms with Gasteiger partial charge in [-0.25, -0.2) is 5.10 Å². The third kappa shape index (κ3) is 3.78. The van der Waals surface area contributed by atoms with Crippen molar-refractivity contribution >= 4 is 11.8 Å². The fraction of sp³-hybridized carbons (Fsp3) is 0.625. The second-order valence-electron chi connectivity index (χ2n) is 6.33. The Morgan fingerprint density at radius 3 is 2.35 bits per heavy atom. The molecule has 1 aromatic rings. The number of amides is 2. The first-order chi connectivity index (χ1) is 11.1. The maximum absolute atomic E-state index is 12.3. The lowest BCUT2D eigenvalue weighted by Crippen LogP contribution is -2.51. The van der Waals surface area contributed by atoms with E-state index in [0.29, 0.717) is 38.5 Å². The standard InChI is InChI=1S/C16H22N4O3/c21-14-6-5-13(17-18-14)16(23)20-9-7-19(8-10-20)15(22)11-12-3-1-2-4-12/h5-6,12H,1-4,7-11H2,(H,18,21). The summed E-state index contributed by atoms with van der Waals surface area (Å²) in [6.45, 7) is 2.16. The van der Waals surface area contributed by atoms with Crippen LogP contribution < -0.4 is 5.56 Å². The van der Waals surface area contributed by atoms with Gasteiger partial charge in [0.2, 0.25) is 5.91 Å². The monoisotopic (exact) mass is 318 g/mol. The third-order valence-electron chi connectivity index (χ3n) is 4.76. The molecule has 23 heavy (non-hydrogen) atoms. The maximum atomic E-state index is 12.3. The van der Waals surface area contributed by atoms with Gasteiger partial charge in [-0.2, -0.15) is 5.10 Å². The van der Waals surface area contributed by atoms with Crippen molar-refractivity contribution in [3.05, 3.63) is 28.2 Å². The van der Waals surface area contributed by atoms with Gasteiger partial charge in [-0.3, -0.25) is 14.4 Å². The Hall–Kier alpha value is -2.18. The molecule has 1 aliphatic carbocycles. The Kier molecular flexibility index (Phi) is 4.73. The minimum atomic E-state index is -0.330. The van der Waals surface area contributed by atoms with Gasteiger partial charge in [0.1, 0.15) is 5.69 Å². The molecule has 0 unspecified atom stereocenters. The first kappa shape index (κ1) is 15.7. The molecule has 124 valence electrons. The number of aromatic nitrogens is 2. The lowest BCUT2D eigenvalue weighted by Gasteiger charge is -2.35. The molecule has 1 aliphatic heterocycles. The molecule has 1 saturated carbocycles. The lowest BCUT2D eigenvalue weighted by molar-refractivity contribution is -0.133. The number of carbonyl (C=O) groups excluding carboxylic acids is 2. The van der Waals surface area contributed by atoms with Crippen LogP contribution in [-0.4, -0.2) is 58.0 Å².